The molecule has 1 aromatic heterocycles. The van der Waals surface area contributed by atoms with E-state index in [0.29, 0.717) is 18.2 Å². The van der Waals surface area contributed by atoms with Gasteiger partial charge in [-0.2, -0.15) is 0 Å². The van der Waals surface area contributed by atoms with Crippen molar-refractivity contribution in [1.29, 1.82) is 0 Å². The molecule has 94 valence electrons. The first kappa shape index (κ1) is 13.4. The van der Waals surface area contributed by atoms with E-state index in [9.17, 15) is 0 Å². The van der Waals surface area contributed by atoms with Crippen LogP contribution in [0.5, 0.6) is 0 Å². The van der Waals surface area contributed by atoms with E-state index < -0.39 is 3.79 Å². The molecule has 2 rings (SSSR count). The van der Waals surface area contributed by atoms with Gasteiger partial charge in [0.15, 0.2) is 0 Å². The first-order chi connectivity index (χ1) is 8.55. The van der Waals surface area contributed by atoms with Crippen molar-refractivity contribution in [1.82, 2.24) is 9.97 Å². The van der Waals surface area contributed by atoms with Gasteiger partial charge in [0.2, 0.25) is 9.74 Å². The first-order valence-electron chi connectivity index (χ1n) is 5.24. The fourth-order valence-electron chi connectivity index (χ4n) is 1.38. The lowest BCUT2D eigenvalue weighted by Gasteiger charge is -2.11. The fourth-order valence-corrected chi connectivity index (χ4v) is 1.69. The number of anilines is 1. The van der Waals surface area contributed by atoms with Crippen molar-refractivity contribution in [2.75, 3.05) is 5.32 Å². The summed E-state index contributed by atoms with van der Waals surface area (Å²) in [7, 11) is 0. The van der Waals surface area contributed by atoms with Crippen LogP contribution in [0.1, 0.15) is 11.3 Å². The van der Waals surface area contributed by atoms with Crippen LogP contribution in [0.4, 0.5) is 5.95 Å². The molecule has 0 saturated carbocycles. The number of rotatable bonds is 3. The fraction of sp³-hybridized carbons (Fsp3) is 0.167. The standard InChI is InChI=1S/C12H10Cl3N3/c13-12(14,15)10-6-7-16-11(18-10)17-8-9-4-2-1-3-5-9/h1-7H,8H2,(H,16,17,18). The van der Waals surface area contributed by atoms with E-state index in [1.54, 1.807) is 12.3 Å². The molecule has 18 heavy (non-hydrogen) atoms. The Bertz CT molecular complexity index is 511. The highest BCUT2D eigenvalue weighted by Gasteiger charge is 2.24. The molecule has 6 heteroatoms. The zero-order chi connectivity index (χ0) is 13.0. The molecule has 0 unspecified atom stereocenters. The highest BCUT2D eigenvalue weighted by atomic mass is 35.6. The Balaban J connectivity index is 2.06. The Morgan fingerprint density at radius 3 is 2.44 bits per heavy atom. The Labute approximate surface area is 120 Å². The van der Waals surface area contributed by atoms with Gasteiger partial charge >= 0.3 is 0 Å². The highest BCUT2D eigenvalue weighted by molar-refractivity contribution is 6.66. The van der Waals surface area contributed by atoms with Crippen LogP contribution in [-0.4, -0.2) is 9.97 Å². The maximum atomic E-state index is 5.76. The Hall–Kier alpha value is -1.03. The second-order valence-electron chi connectivity index (χ2n) is 3.60. The van der Waals surface area contributed by atoms with Gasteiger partial charge in [-0.25, -0.2) is 9.97 Å². The van der Waals surface area contributed by atoms with Gasteiger partial charge in [-0.15, -0.1) is 0 Å². The van der Waals surface area contributed by atoms with E-state index in [4.69, 9.17) is 34.8 Å². The Morgan fingerprint density at radius 2 is 1.78 bits per heavy atom. The maximum Gasteiger partial charge on any atom is 0.232 e. The molecule has 0 aliphatic carbocycles. The Morgan fingerprint density at radius 1 is 1.06 bits per heavy atom. The van der Waals surface area contributed by atoms with Gasteiger partial charge in [0.25, 0.3) is 0 Å². The summed E-state index contributed by atoms with van der Waals surface area (Å²) in [5, 5.41) is 3.08. The lowest BCUT2D eigenvalue weighted by atomic mass is 10.2. The van der Waals surface area contributed by atoms with Crippen molar-refractivity contribution >= 4 is 40.8 Å². The zero-order valence-electron chi connectivity index (χ0n) is 9.28. The summed E-state index contributed by atoms with van der Waals surface area (Å²) in [5.41, 5.74) is 1.47. The number of benzene rings is 1. The summed E-state index contributed by atoms with van der Waals surface area (Å²) >= 11 is 17.3. The molecule has 0 bridgehead atoms. The average molecular weight is 303 g/mol. The maximum absolute atomic E-state index is 5.76. The van der Waals surface area contributed by atoms with Crippen molar-refractivity contribution in [2.24, 2.45) is 0 Å². The van der Waals surface area contributed by atoms with Crippen molar-refractivity contribution < 1.29 is 0 Å². The summed E-state index contributed by atoms with van der Waals surface area (Å²) < 4.78 is -1.54. The summed E-state index contributed by atoms with van der Waals surface area (Å²) in [6.07, 6.45) is 1.55. The highest BCUT2D eigenvalue weighted by Crippen LogP contribution is 2.36. The lowest BCUT2D eigenvalue weighted by molar-refractivity contribution is 0.995. The summed E-state index contributed by atoms with van der Waals surface area (Å²) in [6.45, 7) is 0.615. The van der Waals surface area contributed by atoms with Crippen LogP contribution in [0.25, 0.3) is 0 Å². The number of halogens is 3. The Kier molecular flexibility index (Phi) is 4.27. The third kappa shape index (κ3) is 3.73. The first-order valence-corrected chi connectivity index (χ1v) is 6.37. The molecule has 1 heterocycles. The summed E-state index contributed by atoms with van der Waals surface area (Å²) in [5.74, 6) is 0.433. The molecule has 1 N–H and O–H groups in total. The molecule has 0 spiro atoms. The minimum Gasteiger partial charge on any atom is -0.350 e. The monoisotopic (exact) mass is 301 g/mol. The molecule has 1 aromatic carbocycles. The molecular weight excluding hydrogens is 293 g/mol. The number of hydrogen-bond acceptors (Lipinski definition) is 3. The molecular formula is C12H10Cl3N3. The summed E-state index contributed by atoms with van der Waals surface area (Å²) in [4.78, 5) is 8.21. The summed E-state index contributed by atoms with van der Waals surface area (Å²) in [6, 6.07) is 11.5. The van der Waals surface area contributed by atoms with Gasteiger partial charge in [0.05, 0.1) is 5.69 Å². The van der Waals surface area contributed by atoms with Crippen LogP contribution < -0.4 is 5.32 Å². The number of hydrogen-bond donors (Lipinski definition) is 1. The van der Waals surface area contributed by atoms with E-state index in [2.05, 4.69) is 15.3 Å². The largest absolute Gasteiger partial charge is 0.350 e. The zero-order valence-corrected chi connectivity index (χ0v) is 11.5. The predicted molar refractivity (Wildman–Crippen MR) is 75.0 cm³/mol. The van der Waals surface area contributed by atoms with E-state index in [0.717, 1.165) is 5.56 Å². The van der Waals surface area contributed by atoms with Crippen LogP contribution in [0.3, 0.4) is 0 Å². The molecule has 0 fully saturated rings. The van der Waals surface area contributed by atoms with E-state index in [1.165, 1.54) is 0 Å². The topological polar surface area (TPSA) is 37.8 Å². The van der Waals surface area contributed by atoms with E-state index in [-0.39, 0.29) is 0 Å². The van der Waals surface area contributed by atoms with Crippen molar-refractivity contribution in [3.8, 4) is 0 Å². The molecule has 2 aromatic rings. The smallest absolute Gasteiger partial charge is 0.232 e. The van der Waals surface area contributed by atoms with Gasteiger partial charge in [0.1, 0.15) is 0 Å². The van der Waals surface area contributed by atoms with Gasteiger partial charge in [0, 0.05) is 12.7 Å². The third-order valence-corrected chi connectivity index (χ3v) is 2.82. The van der Waals surface area contributed by atoms with Crippen LogP contribution in [0, 0.1) is 0 Å². The normalized spacial score (nSPS) is 11.3. The van der Waals surface area contributed by atoms with Crippen LogP contribution in [0.2, 0.25) is 0 Å². The van der Waals surface area contributed by atoms with Crippen LogP contribution in [-0.2, 0) is 10.3 Å². The number of nitrogens with one attached hydrogen (secondary N) is 1. The van der Waals surface area contributed by atoms with E-state index in [1.807, 2.05) is 30.3 Å². The second-order valence-corrected chi connectivity index (χ2v) is 5.88. The average Bonchev–Trinajstić information content (AvgIpc) is 2.37. The lowest BCUT2D eigenvalue weighted by Crippen LogP contribution is -2.09. The molecule has 0 atom stereocenters. The van der Waals surface area contributed by atoms with Crippen LogP contribution >= 0.6 is 34.8 Å². The number of alkyl halides is 3. The predicted octanol–water partition coefficient (Wildman–Crippen LogP) is 3.92. The van der Waals surface area contributed by atoms with Crippen LogP contribution in [0.15, 0.2) is 42.6 Å². The minimum atomic E-state index is -1.54. The second kappa shape index (κ2) is 5.74. The molecule has 0 aliphatic rings. The van der Waals surface area contributed by atoms with Gasteiger partial charge in [-0.05, 0) is 11.6 Å². The van der Waals surface area contributed by atoms with Crippen molar-refractivity contribution in [3.63, 3.8) is 0 Å². The minimum absolute atomic E-state index is 0.345. The van der Waals surface area contributed by atoms with E-state index >= 15 is 0 Å². The number of aromatic nitrogens is 2. The number of nitrogens with zero attached hydrogens (tertiary/aromatic N) is 2. The molecule has 0 aliphatic heterocycles. The van der Waals surface area contributed by atoms with Gasteiger partial charge in [-0.3, -0.25) is 0 Å². The molecule has 0 radical (unpaired) electrons. The van der Waals surface area contributed by atoms with Crippen molar-refractivity contribution in [3.05, 3.63) is 53.9 Å². The van der Waals surface area contributed by atoms with Crippen molar-refractivity contribution in [2.45, 2.75) is 10.3 Å². The van der Waals surface area contributed by atoms with Gasteiger partial charge < -0.3 is 5.32 Å². The SMILES string of the molecule is ClC(Cl)(Cl)c1ccnc(NCc2ccccc2)n1. The van der Waals surface area contributed by atoms with Gasteiger partial charge in [-0.1, -0.05) is 65.1 Å². The molecule has 0 amide bonds. The molecule has 0 saturated heterocycles. The third-order valence-electron chi connectivity index (χ3n) is 2.24. The molecule has 3 nitrogen and oxygen atoms in total. The quantitative estimate of drug-likeness (QED) is 0.873.